The summed E-state index contributed by atoms with van der Waals surface area (Å²) in [7, 11) is 0. The summed E-state index contributed by atoms with van der Waals surface area (Å²) in [6.07, 6.45) is 3.29. The molecule has 1 aromatic carbocycles. The van der Waals surface area contributed by atoms with E-state index in [2.05, 4.69) is 27.3 Å². The average Bonchev–Trinajstić information content (AvgIpc) is 3.26. The second-order valence-electron chi connectivity index (χ2n) is 7.39. The summed E-state index contributed by atoms with van der Waals surface area (Å²) in [5.41, 5.74) is 0.819. The van der Waals surface area contributed by atoms with Crippen LogP contribution in [0.3, 0.4) is 0 Å². The number of nitrogens with zero attached hydrogens (tertiary/aromatic N) is 2. The van der Waals surface area contributed by atoms with Crippen molar-refractivity contribution >= 4 is 33.4 Å². The molecule has 4 rings (SSSR count). The van der Waals surface area contributed by atoms with Crippen LogP contribution in [0.2, 0.25) is 0 Å². The van der Waals surface area contributed by atoms with E-state index in [-0.39, 0.29) is 42.0 Å². The average molecular weight is 402 g/mol. The molecule has 2 aliphatic carbocycles. The van der Waals surface area contributed by atoms with E-state index in [0.29, 0.717) is 12.5 Å². The van der Waals surface area contributed by atoms with E-state index in [4.69, 9.17) is 0 Å². The minimum Gasteiger partial charge on any atom is -0.353 e. The van der Waals surface area contributed by atoms with Crippen LogP contribution >= 0.6 is 15.9 Å². The number of carbonyl (C=O) groups excluding carboxylic acids is 2. The van der Waals surface area contributed by atoms with Gasteiger partial charge in [0.25, 0.3) is 0 Å². The number of amides is 2. The molecule has 2 bridgehead atoms. The highest BCUT2D eigenvalue weighted by molar-refractivity contribution is 9.10. The Balaban J connectivity index is 1.41. The summed E-state index contributed by atoms with van der Waals surface area (Å²) in [4.78, 5) is 26.7. The number of rotatable bonds is 3. The molecule has 5 nitrogen and oxygen atoms in total. The van der Waals surface area contributed by atoms with Gasteiger partial charge in [0.05, 0.1) is 17.9 Å². The molecule has 25 heavy (non-hydrogen) atoms. The lowest BCUT2D eigenvalue weighted by atomic mass is 9.94. The Bertz CT molecular complexity index is 759. The van der Waals surface area contributed by atoms with Gasteiger partial charge in [0.2, 0.25) is 11.8 Å². The molecule has 3 fully saturated rings. The van der Waals surface area contributed by atoms with Crippen molar-refractivity contribution in [3.05, 3.63) is 28.7 Å². The maximum Gasteiger partial charge on any atom is 0.227 e. The lowest BCUT2D eigenvalue weighted by Gasteiger charge is -2.24. The summed E-state index contributed by atoms with van der Waals surface area (Å²) in [6.45, 7) is 0.420. The number of halogens is 1. The topological polar surface area (TPSA) is 73.2 Å². The molecule has 1 unspecified atom stereocenters. The Morgan fingerprint density at radius 2 is 2.20 bits per heavy atom. The van der Waals surface area contributed by atoms with Gasteiger partial charge in [-0.05, 0) is 49.3 Å². The number of anilines is 1. The van der Waals surface area contributed by atoms with E-state index in [1.165, 1.54) is 0 Å². The molecule has 2 amide bonds. The largest absolute Gasteiger partial charge is 0.353 e. The van der Waals surface area contributed by atoms with E-state index < -0.39 is 0 Å². The number of nitrogens with one attached hydrogen (secondary N) is 1. The highest BCUT2D eigenvalue weighted by Gasteiger charge is 2.49. The summed E-state index contributed by atoms with van der Waals surface area (Å²) in [5.74, 6) is 0.446. The molecule has 1 aliphatic heterocycles. The molecule has 0 radical (unpaired) electrons. The molecular formula is C19H20BrN3O2. The highest BCUT2D eigenvalue weighted by Crippen LogP contribution is 2.49. The summed E-state index contributed by atoms with van der Waals surface area (Å²) < 4.78 is 0.912. The van der Waals surface area contributed by atoms with Crippen LogP contribution in [-0.4, -0.2) is 24.4 Å². The highest BCUT2D eigenvalue weighted by atomic mass is 79.9. The van der Waals surface area contributed by atoms with Crippen molar-refractivity contribution in [1.82, 2.24) is 5.32 Å². The first kappa shape index (κ1) is 16.6. The second-order valence-corrected chi connectivity index (χ2v) is 8.31. The van der Waals surface area contributed by atoms with Crippen molar-refractivity contribution in [3.8, 4) is 6.07 Å². The Morgan fingerprint density at radius 1 is 1.36 bits per heavy atom. The predicted octanol–water partition coefficient (Wildman–Crippen LogP) is 2.86. The van der Waals surface area contributed by atoms with Gasteiger partial charge in [-0.15, -0.1) is 0 Å². The lowest BCUT2D eigenvalue weighted by molar-refractivity contribution is -0.127. The standard InChI is InChI=1S/C19H20BrN3O2/c20-13-2-1-3-14(8-13)23-10-12(7-18(23)24)19(25)22-17-6-11-4-5-15(17)16(11)9-21/h1-3,8,11-12,15-17H,4-7,10H2,(H,22,25)/t11-,12-,15-,16?,17+/m0/s1. The normalized spacial score (nSPS) is 33.5. The van der Waals surface area contributed by atoms with Gasteiger partial charge in [0, 0.05) is 29.2 Å². The summed E-state index contributed by atoms with van der Waals surface area (Å²) in [5, 5.41) is 12.5. The fourth-order valence-electron chi connectivity index (χ4n) is 4.78. The fraction of sp³-hybridized carbons (Fsp3) is 0.526. The molecular weight excluding hydrogens is 382 g/mol. The Hall–Kier alpha value is -1.87. The fourth-order valence-corrected chi connectivity index (χ4v) is 5.16. The van der Waals surface area contributed by atoms with E-state index in [0.717, 1.165) is 29.4 Å². The number of hydrogen-bond acceptors (Lipinski definition) is 3. The maximum absolute atomic E-state index is 12.7. The van der Waals surface area contributed by atoms with E-state index in [1.54, 1.807) is 4.90 Å². The SMILES string of the molecule is N#CC1[C@H]2CC[C@@H]1[C@H](NC(=O)[C@H]1CC(=O)N(c3cccc(Br)c3)C1)C2. The Labute approximate surface area is 155 Å². The van der Waals surface area contributed by atoms with Gasteiger partial charge in [0.1, 0.15) is 0 Å². The van der Waals surface area contributed by atoms with Crippen LogP contribution < -0.4 is 10.2 Å². The van der Waals surface area contributed by atoms with Crippen LogP contribution in [0.15, 0.2) is 28.7 Å². The van der Waals surface area contributed by atoms with Crippen LogP contribution in [0, 0.1) is 35.0 Å². The van der Waals surface area contributed by atoms with Crippen molar-refractivity contribution in [2.75, 3.05) is 11.4 Å². The maximum atomic E-state index is 12.7. The van der Waals surface area contributed by atoms with E-state index >= 15 is 0 Å². The third-order valence-corrected chi connectivity index (χ3v) is 6.50. The lowest BCUT2D eigenvalue weighted by Crippen LogP contribution is -2.42. The zero-order valence-corrected chi connectivity index (χ0v) is 15.4. The summed E-state index contributed by atoms with van der Waals surface area (Å²) in [6, 6.07) is 10.1. The van der Waals surface area contributed by atoms with Crippen molar-refractivity contribution in [2.45, 2.75) is 31.7 Å². The van der Waals surface area contributed by atoms with Crippen LogP contribution in [0.25, 0.3) is 0 Å². The first-order chi connectivity index (χ1) is 12.1. The first-order valence-electron chi connectivity index (χ1n) is 8.82. The first-order valence-corrected chi connectivity index (χ1v) is 9.62. The van der Waals surface area contributed by atoms with Gasteiger partial charge >= 0.3 is 0 Å². The van der Waals surface area contributed by atoms with Gasteiger partial charge in [0.15, 0.2) is 0 Å². The Kier molecular flexibility index (Phi) is 4.28. The van der Waals surface area contributed by atoms with Crippen LogP contribution in [0.5, 0.6) is 0 Å². The van der Waals surface area contributed by atoms with Crippen molar-refractivity contribution in [2.24, 2.45) is 23.7 Å². The second kappa shape index (κ2) is 6.45. The monoisotopic (exact) mass is 401 g/mol. The molecule has 2 saturated carbocycles. The molecule has 5 atom stereocenters. The van der Waals surface area contributed by atoms with Crippen LogP contribution in [0.4, 0.5) is 5.69 Å². The minimum atomic E-state index is -0.314. The molecule has 130 valence electrons. The van der Waals surface area contributed by atoms with Gasteiger partial charge in [-0.1, -0.05) is 22.0 Å². The molecule has 1 heterocycles. The predicted molar refractivity (Wildman–Crippen MR) is 96.5 cm³/mol. The molecule has 1 N–H and O–H groups in total. The van der Waals surface area contributed by atoms with Gasteiger partial charge < -0.3 is 10.2 Å². The smallest absolute Gasteiger partial charge is 0.227 e. The van der Waals surface area contributed by atoms with Crippen molar-refractivity contribution in [1.29, 1.82) is 5.26 Å². The molecule has 0 aromatic heterocycles. The van der Waals surface area contributed by atoms with Crippen LogP contribution in [0.1, 0.15) is 25.7 Å². The number of nitriles is 1. The molecule has 0 spiro atoms. The number of benzene rings is 1. The molecule has 1 aromatic rings. The van der Waals surface area contributed by atoms with E-state index in [9.17, 15) is 14.9 Å². The number of fused-ring (bicyclic) bond motifs is 2. The van der Waals surface area contributed by atoms with Crippen LogP contribution in [-0.2, 0) is 9.59 Å². The number of carbonyl (C=O) groups is 2. The molecule has 1 saturated heterocycles. The zero-order chi connectivity index (χ0) is 17.6. The third-order valence-electron chi connectivity index (χ3n) is 6.01. The van der Waals surface area contributed by atoms with Gasteiger partial charge in [-0.25, -0.2) is 0 Å². The van der Waals surface area contributed by atoms with E-state index in [1.807, 2.05) is 24.3 Å². The molecule has 3 aliphatic rings. The quantitative estimate of drug-likeness (QED) is 0.845. The number of hydrogen-bond donors (Lipinski definition) is 1. The molecule has 6 heteroatoms. The van der Waals surface area contributed by atoms with Gasteiger partial charge in [-0.3, -0.25) is 9.59 Å². The minimum absolute atomic E-state index is 0.0129. The summed E-state index contributed by atoms with van der Waals surface area (Å²) >= 11 is 3.42. The van der Waals surface area contributed by atoms with Crippen molar-refractivity contribution < 1.29 is 9.59 Å². The van der Waals surface area contributed by atoms with Crippen molar-refractivity contribution in [3.63, 3.8) is 0 Å². The zero-order valence-electron chi connectivity index (χ0n) is 13.8. The van der Waals surface area contributed by atoms with Gasteiger partial charge in [-0.2, -0.15) is 5.26 Å². The third kappa shape index (κ3) is 2.95. The Morgan fingerprint density at radius 3 is 2.92 bits per heavy atom.